The molecule has 0 saturated carbocycles. The quantitative estimate of drug-likeness (QED) is 0.829. The highest BCUT2D eigenvalue weighted by Crippen LogP contribution is 2.17. The summed E-state index contributed by atoms with van der Waals surface area (Å²) in [5.41, 5.74) is 0.261. The van der Waals surface area contributed by atoms with Gasteiger partial charge in [0.05, 0.1) is 17.6 Å². The lowest BCUT2D eigenvalue weighted by molar-refractivity contribution is 0.112. The second-order valence-electron chi connectivity index (χ2n) is 3.74. The van der Waals surface area contributed by atoms with Crippen molar-refractivity contribution in [1.82, 2.24) is 9.97 Å². The summed E-state index contributed by atoms with van der Waals surface area (Å²) in [6, 6.07) is 5.87. The molecule has 20 heavy (non-hydrogen) atoms. The van der Waals surface area contributed by atoms with Crippen LogP contribution in [0.5, 0.6) is 5.75 Å². The highest BCUT2D eigenvalue weighted by molar-refractivity contribution is 7.92. The molecule has 0 spiro atoms. The van der Waals surface area contributed by atoms with Crippen molar-refractivity contribution < 1.29 is 17.9 Å². The van der Waals surface area contributed by atoms with Gasteiger partial charge in [0.15, 0.2) is 6.29 Å². The van der Waals surface area contributed by atoms with Crippen LogP contribution in [0.2, 0.25) is 0 Å². The van der Waals surface area contributed by atoms with E-state index in [0.717, 1.165) is 0 Å². The monoisotopic (exact) mass is 293 g/mol. The Balaban J connectivity index is 2.22. The minimum absolute atomic E-state index is 0.0568. The van der Waals surface area contributed by atoms with Gasteiger partial charge in [0.1, 0.15) is 5.75 Å². The Bertz CT molecular complexity index is 696. The van der Waals surface area contributed by atoms with E-state index in [1.807, 2.05) is 0 Å². The van der Waals surface area contributed by atoms with Gasteiger partial charge in [0.25, 0.3) is 10.0 Å². The standard InChI is InChI=1S/C12H11N3O4S/c1-19-10-2-4-11(5-3-10)20(17,18)15-12-13-6-9(8-16)7-14-12/h2-8H,1H3,(H,13,14,15). The summed E-state index contributed by atoms with van der Waals surface area (Å²) in [7, 11) is -2.29. The van der Waals surface area contributed by atoms with E-state index in [2.05, 4.69) is 14.7 Å². The molecule has 0 amide bonds. The Labute approximate surface area is 115 Å². The van der Waals surface area contributed by atoms with Gasteiger partial charge in [-0.2, -0.15) is 0 Å². The Morgan fingerprint density at radius 2 is 1.75 bits per heavy atom. The zero-order chi connectivity index (χ0) is 14.6. The molecule has 2 rings (SSSR count). The molecule has 0 unspecified atom stereocenters. The van der Waals surface area contributed by atoms with Gasteiger partial charge in [-0.25, -0.2) is 23.1 Å². The van der Waals surface area contributed by atoms with Gasteiger partial charge in [-0.15, -0.1) is 0 Å². The van der Waals surface area contributed by atoms with Gasteiger partial charge in [-0.3, -0.25) is 4.79 Å². The van der Waals surface area contributed by atoms with Crippen molar-refractivity contribution in [3.63, 3.8) is 0 Å². The summed E-state index contributed by atoms with van der Waals surface area (Å²) < 4.78 is 31.3. The molecule has 0 atom stereocenters. The average molecular weight is 293 g/mol. The van der Waals surface area contributed by atoms with Crippen molar-refractivity contribution in [2.24, 2.45) is 0 Å². The lowest BCUT2D eigenvalue weighted by Gasteiger charge is -2.07. The molecule has 0 aliphatic heterocycles. The van der Waals surface area contributed by atoms with Crippen LogP contribution < -0.4 is 9.46 Å². The fourth-order valence-corrected chi connectivity index (χ4v) is 2.34. The number of rotatable bonds is 5. The minimum Gasteiger partial charge on any atom is -0.497 e. The fourth-order valence-electron chi connectivity index (χ4n) is 1.39. The second-order valence-corrected chi connectivity index (χ2v) is 5.42. The zero-order valence-corrected chi connectivity index (χ0v) is 11.3. The van der Waals surface area contributed by atoms with Crippen LogP contribution in [0.3, 0.4) is 0 Å². The number of anilines is 1. The van der Waals surface area contributed by atoms with Gasteiger partial charge < -0.3 is 4.74 Å². The number of carbonyl (C=O) groups excluding carboxylic acids is 1. The first-order valence-electron chi connectivity index (χ1n) is 5.49. The fraction of sp³-hybridized carbons (Fsp3) is 0.0833. The summed E-state index contributed by atoms with van der Waals surface area (Å²) in [6.07, 6.45) is 3.03. The van der Waals surface area contributed by atoms with E-state index in [-0.39, 0.29) is 16.4 Å². The maximum Gasteiger partial charge on any atom is 0.264 e. The molecular weight excluding hydrogens is 282 g/mol. The van der Waals surface area contributed by atoms with Crippen molar-refractivity contribution in [3.05, 3.63) is 42.2 Å². The number of methoxy groups -OCH3 is 1. The summed E-state index contributed by atoms with van der Waals surface area (Å²) in [5, 5.41) is 0. The van der Waals surface area contributed by atoms with Crippen LogP contribution in [0.4, 0.5) is 5.95 Å². The molecule has 0 bridgehead atoms. The number of nitrogens with one attached hydrogen (secondary N) is 1. The smallest absolute Gasteiger partial charge is 0.264 e. The first kappa shape index (κ1) is 13.9. The van der Waals surface area contributed by atoms with Crippen molar-refractivity contribution in [1.29, 1.82) is 0 Å². The molecule has 0 aliphatic carbocycles. The van der Waals surface area contributed by atoms with E-state index in [0.29, 0.717) is 12.0 Å². The molecule has 1 aromatic carbocycles. The molecule has 104 valence electrons. The maximum absolute atomic E-state index is 12.1. The molecule has 1 heterocycles. The minimum atomic E-state index is -3.78. The average Bonchev–Trinajstić information content (AvgIpc) is 2.48. The molecule has 1 N–H and O–H groups in total. The Hall–Kier alpha value is -2.48. The number of aromatic nitrogens is 2. The number of aldehydes is 1. The molecule has 0 aliphatic rings. The topological polar surface area (TPSA) is 98.3 Å². The van der Waals surface area contributed by atoms with Gasteiger partial charge in [-0.1, -0.05) is 0 Å². The molecular formula is C12H11N3O4S. The molecule has 2 aromatic rings. The Kier molecular flexibility index (Phi) is 3.94. The second kappa shape index (κ2) is 5.66. The van der Waals surface area contributed by atoms with Crippen LogP contribution in [-0.2, 0) is 10.0 Å². The summed E-state index contributed by atoms with van der Waals surface area (Å²) in [5.74, 6) is 0.446. The summed E-state index contributed by atoms with van der Waals surface area (Å²) >= 11 is 0. The zero-order valence-electron chi connectivity index (χ0n) is 10.5. The first-order chi connectivity index (χ1) is 9.55. The highest BCUT2D eigenvalue weighted by Gasteiger charge is 2.15. The van der Waals surface area contributed by atoms with Crippen LogP contribution in [0.25, 0.3) is 0 Å². The third-order valence-corrected chi connectivity index (χ3v) is 3.75. The Morgan fingerprint density at radius 3 is 2.25 bits per heavy atom. The van der Waals surface area contributed by atoms with Crippen molar-refractivity contribution in [2.45, 2.75) is 4.90 Å². The van der Waals surface area contributed by atoms with Crippen LogP contribution in [-0.4, -0.2) is 31.8 Å². The molecule has 0 fully saturated rings. The number of carbonyl (C=O) groups is 1. The lowest BCUT2D eigenvalue weighted by atomic mass is 10.3. The predicted octanol–water partition coefficient (Wildman–Crippen LogP) is 1.10. The molecule has 1 aromatic heterocycles. The number of sulfonamides is 1. The highest BCUT2D eigenvalue weighted by atomic mass is 32.2. The van der Waals surface area contributed by atoms with Gasteiger partial charge in [-0.05, 0) is 24.3 Å². The summed E-state index contributed by atoms with van der Waals surface area (Å²) in [6.45, 7) is 0. The van der Waals surface area contributed by atoms with Crippen molar-refractivity contribution in [3.8, 4) is 5.75 Å². The van der Waals surface area contributed by atoms with Crippen LogP contribution in [0, 0.1) is 0 Å². The first-order valence-corrected chi connectivity index (χ1v) is 6.97. The van der Waals surface area contributed by atoms with Crippen LogP contribution >= 0.6 is 0 Å². The van der Waals surface area contributed by atoms with Gasteiger partial charge >= 0.3 is 0 Å². The predicted molar refractivity (Wildman–Crippen MR) is 71.2 cm³/mol. The Morgan fingerprint density at radius 1 is 1.15 bits per heavy atom. The SMILES string of the molecule is COc1ccc(S(=O)(=O)Nc2ncc(C=O)cn2)cc1. The lowest BCUT2D eigenvalue weighted by Crippen LogP contribution is -2.15. The van der Waals surface area contributed by atoms with Crippen LogP contribution in [0.1, 0.15) is 10.4 Å². The third kappa shape index (κ3) is 3.09. The molecule has 0 radical (unpaired) electrons. The van der Waals surface area contributed by atoms with E-state index in [4.69, 9.17) is 4.74 Å². The number of ether oxygens (including phenoxy) is 1. The normalized spacial score (nSPS) is 10.8. The van der Waals surface area contributed by atoms with Gasteiger partial charge in [0.2, 0.25) is 5.95 Å². The van der Waals surface area contributed by atoms with E-state index >= 15 is 0 Å². The van der Waals surface area contributed by atoms with Crippen molar-refractivity contribution >= 4 is 22.3 Å². The molecule has 8 heteroatoms. The number of hydrogen-bond donors (Lipinski definition) is 1. The molecule has 7 nitrogen and oxygen atoms in total. The van der Waals surface area contributed by atoms with E-state index in [9.17, 15) is 13.2 Å². The maximum atomic E-state index is 12.1. The van der Waals surface area contributed by atoms with E-state index < -0.39 is 10.0 Å². The number of benzene rings is 1. The van der Waals surface area contributed by atoms with E-state index in [1.165, 1.54) is 43.8 Å². The van der Waals surface area contributed by atoms with Gasteiger partial charge in [0, 0.05) is 12.4 Å². The van der Waals surface area contributed by atoms with Crippen LogP contribution in [0.15, 0.2) is 41.6 Å². The summed E-state index contributed by atoms with van der Waals surface area (Å²) in [4.78, 5) is 18.0. The number of nitrogens with zero attached hydrogens (tertiary/aromatic N) is 2. The largest absolute Gasteiger partial charge is 0.497 e. The van der Waals surface area contributed by atoms with Crippen molar-refractivity contribution in [2.75, 3.05) is 11.8 Å². The molecule has 0 saturated heterocycles. The third-order valence-electron chi connectivity index (χ3n) is 2.40. The van der Waals surface area contributed by atoms with E-state index in [1.54, 1.807) is 0 Å². The number of hydrogen-bond acceptors (Lipinski definition) is 6.